The van der Waals surface area contributed by atoms with Crippen molar-refractivity contribution in [2.45, 2.75) is 61.6 Å². The summed E-state index contributed by atoms with van der Waals surface area (Å²) in [7, 11) is 0. The number of nitrogens with zero attached hydrogens (tertiary/aromatic N) is 4. The van der Waals surface area contributed by atoms with Crippen molar-refractivity contribution in [1.29, 1.82) is 10.5 Å². The van der Waals surface area contributed by atoms with Crippen molar-refractivity contribution in [3.63, 3.8) is 0 Å². The number of alkyl halides is 3. The van der Waals surface area contributed by atoms with E-state index >= 15 is 13.2 Å². The summed E-state index contributed by atoms with van der Waals surface area (Å²) < 4.78 is 50.5. The van der Waals surface area contributed by atoms with Gasteiger partial charge in [0, 0.05) is 32.7 Å². The van der Waals surface area contributed by atoms with Gasteiger partial charge in [0.15, 0.2) is 0 Å². The van der Waals surface area contributed by atoms with Gasteiger partial charge in [-0.25, -0.2) is 0 Å². The van der Waals surface area contributed by atoms with Crippen molar-refractivity contribution < 1.29 is 13.2 Å². The predicted octanol–water partition coefficient (Wildman–Crippen LogP) is 21.1. The summed E-state index contributed by atoms with van der Waals surface area (Å²) in [6.45, 7) is 16.9. The topological polar surface area (TPSA) is 57.4 Å². The van der Waals surface area contributed by atoms with Gasteiger partial charge in [0.1, 0.15) is 0 Å². The summed E-state index contributed by atoms with van der Waals surface area (Å²) in [5.74, 6) is 0. The maximum absolute atomic E-state index is 15.3. The number of aromatic nitrogens is 2. The third-order valence-corrected chi connectivity index (χ3v) is 16.4. The number of rotatable bonds is 8. The van der Waals surface area contributed by atoms with Crippen molar-refractivity contribution >= 4 is 43.6 Å². The Hall–Kier alpha value is -10.2. The number of nitriles is 2. The van der Waals surface area contributed by atoms with E-state index in [1.807, 2.05) is 36.4 Å². The Morgan fingerprint density at radius 2 is 0.571 bits per heavy atom. The standard InChI is InChI=1S/C77H57F3N4/c1-44-23-45(2)28-59(27-44)54-12-19-71-66(37-54)67-38-55(60-29-46(3)24-47(4)30-60)13-20-72(67)83(71)75-36-53(43-82)10-17-64(75)65-18-11-58(63-16-9-52(42-81)35-70(63)77(78,79)80)41-76(65)84-73-21-14-56(61-31-48(5)25-49(6)32-61)39-68(73)69-40-57(15-22-74(69)84)62-33-50(7)26-51(8)34-62/h9-41H,1-8H3. The van der Waals surface area contributed by atoms with Crippen molar-refractivity contribution in [2.75, 3.05) is 0 Å². The lowest BCUT2D eigenvalue weighted by Gasteiger charge is -2.21. The molecule has 0 aliphatic heterocycles. The average molecular weight is 1100 g/mol. The van der Waals surface area contributed by atoms with E-state index in [0.29, 0.717) is 16.8 Å². The minimum absolute atomic E-state index is 0.0501. The highest BCUT2D eigenvalue weighted by atomic mass is 19.4. The molecule has 0 unspecified atom stereocenters. The third kappa shape index (κ3) is 9.48. The molecule has 0 atom stereocenters. The molecule has 0 N–H and O–H groups in total. The smallest absolute Gasteiger partial charge is 0.309 e. The molecule has 13 rings (SSSR count). The summed E-state index contributed by atoms with van der Waals surface area (Å²) in [6.07, 6.45) is -4.77. The number of fused-ring (bicyclic) bond motifs is 6. The molecule has 0 spiro atoms. The van der Waals surface area contributed by atoms with Gasteiger partial charge < -0.3 is 9.13 Å². The zero-order valence-corrected chi connectivity index (χ0v) is 48.0. The molecule has 0 aliphatic rings. The Bertz CT molecular complexity index is 4710. The number of hydrogen-bond acceptors (Lipinski definition) is 2. The second-order valence-electron chi connectivity index (χ2n) is 23.0. The first-order chi connectivity index (χ1) is 40.4. The van der Waals surface area contributed by atoms with Gasteiger partial charge in [-0.1, -0.05) is 166 Å². The summed E-state index contributed by atoms with van der Waals surface area (Å²) in [5.41, 5.74) is 24.0. The van der Waals surface area contributed by atoms with Crippen molar-refractivity contribution in [2.24, 2.45) is 0 Å². The van der Waals surface area contributed by atoms with Crippen LogP contribution in [-0.2, 0) is 6.18 Å². The number of benzene rings is 11. The highest BCUT2D eigenvalue weighted by Crippen LogP contribution is 2.47. The van der Waals surface area contributed by atoms with Gasteiger partial charge in [0.05, 0.1) is 62.3 Å². The van der Waals surface area contributed by atoms with Crippen LogP contribution in [0, 0.1) is 78.1 Å². The lowest BCUT2D eigenvalue weighted by atomic mass is 9.93. The Balaban J connectivity index is 1.13. The largest absolute Gasteiger partial charge is 0.417 e. The predicted molar refractivity (Wildman–Crippen MR) is 340 cm³/mol. The van der Waals surface area contributed by atoms with Crippen LogP contribution in [0.1, 0.15) is 61.2 Å². The lowest BCUT2D eigenvalue weighted by molar-refractivity contribution is -0.137. The molecule has 13 aromatic rings. The maximum Gasteiger partial charge on any atom is 0.417 e. The van der Waals surface area contributed by atoms with E-state index in [1.165, 1.54) is 34.4 Å². The molecule has 84 heavy (non-hydrogen) atoms. The van der Waals surface area contributed by atoms with E-state index in [9.17, 15) is 10.5 Å². The molecule has 0 amide bonds. The molecule has 406 valence electrons. The quantitative estimate of drug-likeness (QED) is 0.152. The minimum atomic E-state index is -4.77. The van der Waals surface area contributed by atoms with E-state index in [2.05, 4.69) is 216 Å². The minimum Gasteiger partial charge on any atom is -0.309 e. The van der Waals surface area contributed by atoms with Crippen LogP contribution in [0.3, 0.4) is 0 Å². The number of aryl methyl sites for hydroxylation is 8. The summed E-state index contributed by atoms with van der Waals surface area (Å²) in [6, 6.07) is 72.0. The van der Waals surface area contributed by atoms with Crippen LogP contribution in [0.4, 0.5) is 13.2 Å². The van der Waals surface area contributed by atoms with Crippen LogP contribution in [0.2, 0.25) is 0 Å². The Morgan fingerprint density at radius 1 is 0.286 bits per heavy atom. The fraction of sp³-hybridized carbons (Fsp3) is 0.117. The summed E-state index contributed by atoms with van der Waals surface area (Å²) >= 11 is 0. The van der Waals surface area contributed by atoms with Crippen LogP contribution < -0.4 is 0 Å². The van der Waals surface area contributed by atoms with Crippen LogP contribution in [0.15, 0.2) is 200 Å². The lowest BCUT2D eigenvalue weighted by Crippen LogP contribution is -2.08. The first kappa shape index (κ1) is 53.1. The molecule has 0 fully saturated rings. The molecule has 2 aromatic heterocycles. The highest BCUT2D eigenvalue weighted by molar-refractivity contribution is 6.14. The van der Waals surface area contributed by atoms with Gasteiger partial charge in [-0.2, -0.15) is 23.7 Å². The maximum atomic E-state index is 15.3. The Labute approximate surface area is 487 Å². The molecule has 0 saturated heterocycles. The number of hydrogen-bond donors (Lipinski definition) is 0. The molecule has 4 nitrogen and oxygen atoms in total. The van der Waals surface area contributed by atoms with Crippen molar-refractivity contribution in [3.05, 3.63) is 261 Å². The summed E-state index contributed by atoms with van der Waals surface area (Å²) in [4.78, 5) is 0. The van der Waals surface area contributed by atoms with Crippen LogP contribution in [-0.4, -0.2) is 9.13 Å². The fourth-order valence-electron chi connectivity index (χ4n) is 13.1. The normalized spacial score (nSPS) is 11.7. The zero-order chi connectivity index (χ0) is 58.5. The van der Waals surface area contributed by atoms with Crippen molar-refractivity contribution in [1.82, 2.24) is 9.13 Å². The molecular formula is C77H57F3N4. The van der Waals surface area contributed by atoms with E-state index < -0.39 is 11.7 Å². The van der Waals surface area contributed by atoms with Crippen LogP contribution in [0.5, 0.6) is 0 Å². The van der Waals surface area contributed by atoms with Gasteiger partial charge in [0.25, 0.3) is 0 Å². The van der Waals surface area contributed by atoms with Gasteiger partial charge in [-0.15, -0.1) is 0 Å². The molecule has 7 heteroatoms. The Morgan fingerprint density at radius 3 is 0.893 bits per heavy atom. The average Bonchev–Trinajstić information content (AvgIpc) is 1.68. The molecule has 0 aliphatic carbocycles. The monoisotopic (exact) mass is 1090 g/mol. The molecule has 11 aromatic carbocycles. The second-order valence-corrected chi connectivity index (χ2v) is 23.0. The highest BCUT2D eigenvalue weighted by Gasteiger charge is 2.35. The first-order valence-electron chi connectivity index (χ1n) is 28.2. The van der Waals surface area contributed by atoms with E-state index in [-0.39, 0.29) is 11.1 Å². The van der Waals surface area contributed by atoms with Gasteiger partial charge in [-0.3, -0.25) is 0 Å². The Kier molecular flexibility index (Phi) is 12.9. The molecular weight excluding hydrogens is 1040 g/mol. The molecule has 0 saturated carbocycles. The first-order valence-corrected chi connectivity index (χ1v) is 28.2. The van der Waals surface area contributed by atoms with Crippen LogP contribution >= 0.6 is 0 Å². The molecule has 2 heterocycles. The van der Waals surface area contributed by atoms with Crippen LogP contribution in [0.25, 0.3) is 122 Å². The van der Waals surface area contributed by atoms with E-state index in [4.69, 9.17) is 0 Å². The summed E-state index contributed by atoms with van der Waals surface area (Å²) in [5, 5.41) is 24.7. The van der Waals surface area contributed by atoms with E-state index in [1.54, 1.807) is 6.07 Å². The zero-order valence-electron chi connectivity index (χ0n) is 48.0. The van der Waals surface area contributed by atoms with Gasteiger partial charge in [-0.05, 0) is 190 Å². The third-order valence-electron chi connectivity index (χ3n) is 16.4. The van der Waals surface area contributed by atoms with E-state index in [0.717, 1.165) is 133 Å². The second kappa shape index (κ2) is 20.3. The number of halogens is 3. The van der Waals surface area contributed by atoms with Crippen molar-refractivity contribution in [3.8, 4) is 90.3 Å². The fourth-order valence-corrected chi connectivity index (χ4v) is 13.1. The molecule has 0 bridgehead atoms. The molecule has 0 radical (unpaired) electrons. The van der Waals surface area contributed by atoms with Gasteiger partial charge in [0.2, 0.25) is 0 Å². The van der Waals surface area contributed by atoms with Gasteiger partial charge >= 0.3 is 6.18 Å². The SMILES string of the molecule is Cc1cc(C)cc(-c2ccc3c(c2)c2cc(-c4cc(C)cc(C)c4)ccc2n3-c2cc(C#N)ccc2-c2ccc(-c3ccc(C#N)cc3C(F)(F)F)cc2-n2c3ccc(-c4cc(C)cc(C)c4)cc3c3cc(-c4cc(C)cc(C)c4)ccc32)c1.